The zero-order chi connectivity index (χ0) is 26.8. The molecule has 0 atom stereocenters. The van der Waals surface area contributed by atoms with Crippen LogP contribution in [0.2, 0.25) is 0 Å². The van der Waals surface area contributed by atoms with Gasteiger partial charge in [0.2, 0.25) is 0 Å². The van der Waals surface area contributed by atoms with Crippen LogP contribution in [0.1, 0.15) is 31.4 Å². The molecule has 0 aromatic heterocycles. The molecule has 0 aliphatic rings. The lowest BCUT2D eigenvalue weighted by Crippen LogP contribution is -2.39. The van der Waals surface area contributed by atoms with E-state index < -0.39 is 28.3 Å². The largest absolute Gasteiger partial charge is 0.490 e. The summed E-state index contributed by atoms with van der Waals surface area (Å²) < 4.78 is 52.4. The van der Waals surface area contributed by atoms with E-state index in [1.807, 2.05) is 20.8 Å². The number of aryl methyl sites for hydroxylation is 1. The Labute approximate surface area is 216 Å². The van der Waals surface area contributed by atoms with E-state index in [1.165, 1.54) is 30.5 Å². The maximum Gasteiger partial charge on any atom is 0.264 e. The summed E-state index contributed by atoms with van der Waals surface area (Å²) in [4.78, 5) is 12.7. The smallest absolute Gasteiger partial charge is 0.264 e. The molecule has 0 saturated carbocycles. The molecule has 1 amide bonds. The molecule has 0 unspecified atom stereocenters. The second-order valence-corrected chi connectivity index (χ2v) is 9.94. The maximum atomic E-state index is 13.5. The Hall–Kier alpha value is -3.92. The predicted octanol–water partition coefficient (Wildman–Crippen LogP) is 4.67. The average molecular weight is 528 g/mol. The first-order valence-corrected chi connectivity index (χ1v) is 13.2. The minimum Gasteiger partial charge on any atom is -0.490 e. The third kappa shape index (κ3) is 7.53. The van der Waals surface area contributed by atoms with E-state index in [2.05, 4.69) is 10.5 Å². The minimum atomic E-state index is -4.11. The van der Waals surface area contributed by atoms with Crippen molar-refractivity contribution in [1.29, 1.82) is 0 Å². The van der Waals surface area contributed by atoms with Crippen molar-refractivity contribution in [2.45, 2.75) is 32.1 Å². The first-order chi connectivity index (χ1) is 17.7. The molecule has 0 bridgehead atoms. The zero-order valence-corrected chi connectivity index (χ0v) is 21.8. The van der Waals surface area contributed by atoms with Crippen LogP contribution in [0.4, 0.5) is 10.1 Å². The van der Waals surface area contributed by atoms with Gasteiger partial charge in [0.05, 0.1) is 30.0 Å². The molecule has 8 nitrogen and oxygen atoms in total. The molecule has 0 heterocycles. The molecule has 0 spiro atoms. The summed E-state index contributed by atoms with van der Waals surface area (Å²) in [6.07, 6.45) is 2.27. The molecule has 0 radical (unpaired) electrons. The van der Waals surface area contributed by atoms with Crippen LogP contribution in [0.25, 0.3) is 0 Å². The van der Waals surface area contributed by atoms with Crippen LogP contribution in [-0.2, 0) is 14.8 Å². The lowest BCUT2D eigenvalue weighted by Gasteiger charge is -2.23. The summed E-state index contributed by atoms with van der Waals surface area (Å²) in [5.41, 5.74) is 4.03. The monoisotopic (exact) mass is 527 g/mol. The molecule has 0 aliphatic heterocycles. The number of anilines is 1. The summed E-state index contributed by atoms with van der Waals surface area (Å²) in [6.45, 7) is 6.15. The fraction of sp³-hybridized carbons (Fsp3) is 0.259. The third-order valence-electron chi connectivity index (χ3n) is 5.14. The number of hydrazone groups is 1. The molecule has 0 fully saturated rings. The van der Waals surface area contributed by atoms with Gasteiger partial charge in [-0.2, -0.15) is 5.10 Å². The van der Waals surface area contributed by atoms with Crippen LogP contribution in [0.5, 0.6) is 11.5 Å². The molecular formula is C27H30FN3O5S. The van der Waals surface area contributed by atoms with Crippen LogP contribution in [0.15, 0.2) is 76.7 Å². The van der Waals surface area contributed by atoms with Crippen LogP contribution < -0.4 is 19.2 Å². The molecule has 3 aromatic rings. The van der Waals surface area contributed by atoms with Gasteiger partial charge >= 0.3 is 0 Å². The van der Waals surface area contributed by atoms with Gasteiger partial charge in [-0.3, -0.25) is 9.10 Å². The van der Waals surface area contributed by atoms with Crippen molar-refractivity contribution in [3.8, 4) is 11.5 Å². The standard InChI is InChI=1S/C27H30FN3O5S/c1-4-16-36-25-15-8-21(17-26(25)35-5-2)18-29-30-27(32)19-31(23-11-9-22(28)10-12-23)37(33,34)24-13-6-20(3)7-14-24/h6-15,17-18H,4-5,16,19H2,1-3H3,(H,30,32)/b29-18-. The fourth-order valence-electron chi connectivity index (χ4n) is 3.31. The normalized spacial score (nSPS) is 11.4. The van der Waals surface area contributed by atoms with Crippen molar-refractivity contribution < 1.29 is 27.1 Å². The van der Waals surface area contributed by atoms with Crippen LogP contribution in [-0.4, -0.2) is 40.3 Å². The summed E-state index contributed by atoms with van der Waals surface area (Å²) >= 11 is 0. The lowest BCUT2D eigenvalue weighted by molar-refractivity contribution is -0.119. The van der Waals surface area contributed by atoms with E-state index in [0.29, 0.717) is 30.3 Å². The molecule has 0 saturated heterocycles. The summed E-state index contributed by atoms with van der Waals surface area (Å²) in [6, 6.07) is 16.4. The van der Waals surface area contributed by atoms with Gasteiger partial charge < -0.3 is 9.47 Å². The lowest BCUT2D eigenvalue weighted by atomic mass is 10.2. The van der Waals surface area contributed by atoms with Crippen molar-refractivity contribution in [3.05, 3.63) is 83.7 Å². The number of nitrogens with one attached hydrogen (secondary N) is 1. The number of halogens is 1. The Morgan fingerprint density at radius 1 is 1.00 bits per heavy atom. The van der Waals surface area contributed by atoms with Gasteiger partial charge in [-0.25, -0.2) is 18.2 Å². The van der Waals surface area contributed by atoms with Gasteiger partial charge in [0.15, 0.2) is 11.5 Å². The SMILES string of the molecule is CCCOc1ccc(/C=N\NC(=O)CN(c2ccc(F)cc2)S(=O)(=O)c2ccc(C)cc2)cc1OCC. The van der Waals surface area contributed by atoms with Crippen molar-refractivity contribution >= 4 is 27.8 Å². The number of carbonyl (C=O) groups excluding carboxylic acids is 1. The third-order valence-corrected chi connectivity index (χ3v) is 6.93. The molecule has 37 heavy (non-hydrogen) atoms. The number of benzene rings is 3. The Morgan fingerprint density at radius 3 is 2.35 bits per heavy atom. The first kappa shape index (κ1) is 27.7. The van der Waals surface area contributed by atoms with Crippen LogP contribution >= 0.6 is 0 Å². The maximum absolute atomic E-state index is 13.5. The van der Waals surface area contributed by atoms with Gasteiger partial charge in [-0.1, -0.05) is 24.6 Å². The van der Waals surface area contributed by atoms with Crippen molar-refractivity contribution in [3.63, 3.8) is 0 Å². The van der Waals surface area contributed by atoms with E-state index >= 15 is 0 Å². The summed E-state index contributed by atoms with van der Waals surface area (Å²) in [5.74, 6) is -0.0359. The molecule has 3 aromatic carbocycles. The van der Waals surface area contributed by atoms with Crippen LogP contribution in [0, 0.1) is 12.7 Å². The number of hydrogen-bond acceptors (Lipinski definition) is 6. The van der Waals surface area contributed by atoms with E-state index in [9.17, 15) is 17.6 Å². The number of carbonyl (C=O) groups is 1. The molecular weight excluding hydrogens is 497 g/mol. The molecule has 1 N–H and O–H groups in total. The first-order valence-electron chi connectivity index (χ1n) is 11.8. The Balaban J connectivity index is 1.78. The van der Waals surface area contributed by atoms with E-state index in [0.717, 1.165) is 28.4 Å². The Bertz CT molecular complexity index is 1330. The highest BCUT2D eigenvalue weighted by Crippen LogP contribution is 2.28. The highest BCUT2D eigenvalue weighted by atomic mass is 32.2. The van der Waals surface area contributed by atoms with Gasteiger partial charge in [0, 0.05) is 0 Å². The van der Waals surface area contributed by atoms with Gasteiger partial charge in [-0.15, -0.1) is 0 Å². The van der Waals surface area contributed by atoms with Crippen molar-refractivity contribution in [2.24, 2.45) is 5.10 Å². The second-order valence-electron chi connectivity index (χ2n) is 8.08. The number of sulfonamides is 1. The predicted molar refractivity (Wildman–Crippen MR) is 141 cm³/mol. The Morgan fingerprint density at radius 2 is 1.70 bits per heavy atom. The molecule has 3 rings (SSSR count). The van der Waals surface area contributed by atoms with Crippen LogP contribution in [0.3, 0.4) is 0 Å². The topological polar surface area (TPSA) is 97.3 Å². The van der Waals surface area contributed by atoms with Gasteiger partial charge in [0.1, 0.15) is 12.4 Å². The number of rotatable bonds is 12. The number of amides is 1. The van der Waals surface area contributed by atoms with Crippen molar-refractivity contribution in [2.75, 3.05) is 24.1 Å². The molecule has 10 heteroatoms. The average Bonchev–Trinajstić information content (AvgIpc) is 2.88. The van der Waals surface area contributed by atoms with E-state index in [1.54, 1.807) is 30.3 Å². The quantitative estimate of drug-likeness (QED) is 0.273. The number of ether oxygens (including phenoxy) is 2. The molecule has 196 valence electrons. The highest BCUT2D eigenvalue weighted by molar-refractivity contribution is 7.92. The summed E-state index contributed by atoms with van der Waals surface area (Å²) in [7, 11) is -4.11. The Kier molecular flexibility index (Phi) is 9.62. The zero-order valence-electron chi connectivity index (χ0n) is 21.0. The fourth-order valence-corrected chi connectivity index (χ4v) is 4.73. The summed E-state index contributed by atoms with van der Waals surface area (Å²) in [5, 5.41) is 3.96. The van der Waals surface area contributed by atoms with Gasteiger partial charge in [0.25, 0.3) is 15.9 Å². The highest BCUT2D eigenvalue weighted by Gasteiger charge is 2.27. The number of nitrogens with zero attached hydrogens (tertiary/aromatic N) is 2. The van der Waals surface area contributed by atoms with Crippen molar-refractivity contribution in [1.82, 2.24) is 5.43 Å². The van der Waals surface area contributed by atoms with Gasteiger partial charge in [-0.05, 0) is 80.4 Å². The van der Waals surface area contributed by atoms with E-state index in [4.69, 9.17) is 9.47 Å². The number of hydrogen-bond donors (Lipinski definition) is 1. The van der Waals surface area contributed by atoms with E-state index in [-0.39, 0.29) is 10.6 Å². The second kappa shape index (κ2) is 12.9. The molecule has 0 aliphatic carbocycles. The minimum absolute atomic E-state index is 0.00700.